The molecule has 2 aliphatic rings. The number of benzene rings is 1. The van der Waals surface area contributed by atoms with Gasteiger partial charge >= 0.3 is 0 Å². The van der Waals surface area contributed by atoms with Gasteiger partial charge < -0.3 is 15.0 Å². The first-order valence-corrected chi connectivity index (χ1v) is 7.12. The van der Waals surface area contributed by atoms with E-state index in [4.69, 9.17) is 4.74 Å². The quantitative estimate of drug-likeness (QED) is 0.836. The highest BCUT2D eigenvalue weighted by Gasteiger charge is 2.42. The summed E-state index contributed by atoms with van der Waals surface area (Å²) in [4.78, 5) is 22.5. The number of amides is 1. The first kappa shape index (κ1) is 12.5. The zero-order valence-electron chi connectivity index (χ0n) is 11.6. The minimum absolute atomic E-state index is 0.0374. The van der Waals surface area contributed by atoms with E-state index in [1.807, 2.05) is 30.5 Å². The van der Waals surface area contributed by atoms with Crippen molar-refractivity contribution in [1.29, 1.82) is 0 Å². The summed E-state index contributed by atoms with van der Waals surface area (Å²) >= 11 is 0. The van der Waals surface area contributed by atoms with E-state index in [2.05, 4.69) is 20.2 Å². The van der Waals surface area contributed by atoms with Crippen molar-refractivity contribution in [3.8, 4) is 0 Å². The summed E-state index contributed by atoms with van der Waals surface area (Å²) in [6, 6.07) is 7.85. The van der Waals surface area contributed by atoms with Crippen LogP contribution in [0.4, 0.5) is 5.82 Å². The van der Waals surface area contributed by atoms with Crippen LogP contribution >= 0.6 is 0 Å². The fourth-order valence-electron chi connectivity index (χ4n) is 2.98. The van der Waals surface area contributed by atoms with Crippen LogP contribution in [0.1, 0.15) is 6.42 Å². The minimum atomic E-state index is -0.277. The molecule has 1 amide bonds. The maximum Gasteiger partial charge on any atom is 0.246 e. The summed E-state index contributed by atoms with van der Waals surface area (Å²) in [5.74, 6) is 0.829. The van der Waals surface area contributed by atoms with E-state index in [0.29, 0.717) is 6.54 Å². The number of aromatic nitrogens is 2. The van der Waals surface area contributed by atoms with Crippen LogP contribution in [0.15, 0.2) is 30.5 Å². The number of nitrogens with one attached hydrogen (secondary N) is 1. The Morgan fingerprint density at radius 3 is 2.95 bits per heavy atom. The second-order valence-corrected chi connectivity index (χ2v) is 5.64. The number of anilines is 1. The van der Waals surface area contributed by atoms with Crippen LogP contribution in [0.5, 0.6) is 0 Å². The molecule has 2 fully saturated rings. The van der Waals surface area contributed by atoms with Crippen molar-refractivity contribution < 1.29 is 9.53 Å². The number of nitrogens with zero attached hydrogens (tertiary/aromatic N) is 3. The second-order valence-electron chi connectivity index (χ2n) is 5.64. The zero-order chi connectivity index (χ0) is 14.3. The average molecular weight is 284 g/mol. The maximum absolute atomic E-state index is 11.2. The molecule has 1 N–H and O–H groups in total. The predicted octanol–water partition coefficient (Wildman–Crippen LogP) is 0.725. The third kappa shape index (κ3) is 2.21. The van der Waals surface area contributed by atoms with Crippen molar-refractivity contribution in [3.05, 3.63) is 30.5 Å². The standard InChI is InChI=1S/C15H16N4O2/c20-14-8-21-15(9-17-14)5-6-19(10-15)13-7-16-11-3-1-2-4-12(11)18-13/h1-4,7H,5-6,8-10H2,(H,17,20). The van der Waals surface area contributed by atoms with Crippen molar-refractivity contribution in [1.82, 2.24) is 15.3 Å². The Balaban J connectivity index is 1.58. The molecule has 0 saturated carbocycles. The molecule has 1 unspecified atom stereocenters. The van der Waals surface area contributed by atoms with Crippen molar-refractivity contribution in [3.63, 3.8) is 0 Å². The number of ether oxygens (including phenoxy) is 1. The molecule has 108 valence electrons. The first-order chi connectivity index (χ1) is 10.2. The lowest BCUT2D eigenvalue weighted by Crippen LogP contribution is -2.53. The summed E-state index contributed by atoms with van der Waals surface area (Å²) in [6.07, 6.45) is 2.70. The molecule has 1 spiro atoms. The third-order valence-electron chi connectivity index (χ3n) is 4.19. The van der Waals surface area contributed by atoms with Crippen molar-refractivity contribution in [2.24, 2.45) is 0 Å². The Labute approximate surface area is 122 Å². The highest BCUT2D eigenvalue weighted by molar-refractivity contribution is 5.78. The Morgan fingerprint density at radius 1 is 1.29 bits per heavy atom. The summed E-state index contributed by atoms with van der Waals surface area (Å²) in [7, 11) is 0. The Morgan fingerprint density at radius 2 is 2.14 bits per heavy atom. The summed E-state index contributed by atoms with van der Waals surface area (Å²) < 4.78 is 5.78. The monoisotopic (exact) mass is 284 g/mol. The number of hydrogen-bond donors (Lipinski definition) is 1. The molecule has 2 saturated heterocycles. The molecule has 21 heavy (non-hydrogen) atoms. The zero-order valence-corrected chi connectivity index (χ0v) is 11.6. The molecule has 3 heterocycles. The van der Waals surface area contributed by atoms with Crippen LogP contribution in [0.2, 0.25) is 0 Å². The number of carbonyl (C=O) groups is 1. The van der Waals surface area contributed by atoms with Crippen LogP contribution < -0.4 is 10.2 Å². The molecular formula is C15H16N4O2. The van der Waals surface area contributed by atoms with Crippen LogP contribution in [0.3, 0.4) is 0 Å². The first-order valence-electron chi connectivity index (χ1n) is 7.12. The molecule has 4 rings (SSSR count). The molecule has 1 aromatic heterocycles. The van der Waals surface area contributed by atoms with Crippen LogP contribution in [-0.4, -0.2) is 47.7 Å². The third-order valence-corrected chi connectivity index (χ3v) is 4.19. The van der Waals surface area contributed by atoms with E-state index in [1.54, 1.807) is 0 Å². The van der Waals surface area contributed by atoms with Gasteiger partial charge in [-0.05, 0) is 18.6 Å². The molecule has 6 nitrogen and oxygen atoms in total. The summed E-state index contributed by atoms with van der Waals surface area (Å²) in [5.41, 5.74) is 1.52. The number of morpholine rings is 1. The fourth-order valence-corrected chi connectivity index (χ4v) is 2.98. The maximum atomic E-state index is 11.2. The fraction of sp³-hybridized carbons (Fsp3) is 0.400. The second kappa shape index (κ2) is 4.66. The molecule has 2 aliphatic heterocycles. The van der Waals surface area contributed by atoms with E-state index in [-0.39, 0.29) is 18.1 Å². The van der Waals surface area contributed by atoms with E-state index in [9.17, 15) is 4.79 Å². The highest BCUT2D eigenvalue weighted by atomic mass is 16.5. The normalized spacial score (nSPS) is 25.5. The lowest BCUT2D eigenvalue weighted by Gasteiger charge is -2.33. The van der Waals surface area contributed by atoms with Gasteiger partial charge in [-0.3, -0.25) is 9.78 Å². The van der Waals surface area contributed by atoms with Gasteiger partial charge in [-0.15, -0.1) is 0 Å². The van der Waals surface area contributed by atoms with E-state index >= 15 is 0 Å². The van der Waals surface area contributed by atoms with Crippen LogP contribution in [-0.2, 0) is 9.53 Å². The van der Waals surface area contributed by atoms with Gasteiger partial charge in [0.05, 0.1) is 23.8 Å². The van der Waals surface area contributed by atoms with E-state index in [1.165, 1.54) is 0 Å². The van der Waals surface area contributed by atoms with Crippen molar-refractivity contribution in [2.45, 2.75) is 12.0 Å². The molecule has 0 radical (unpaired) electrons. The topological polar surface area (TPSA) is 67.3 Å². The van der Waals surface area contributed by atoms with Gasteiger partial charge in [-0.25, -0.2) is 4.98 Å². The molecule has 6 heteroatoms. The Kier molecular flexibility index (Phi) is 2.78. The van der Waals surface area contributed by atoms with E-state index < -0.39 is 0 Å². The van der Waals surface area contributed by atoms with Gasteiger partial charge in [0.25, 0.3) is 0 Å². The molecular weight excluding hydrogens is 268 g/mol. The molecule has 1 atom stereocenters. The number of para-hydroxylation sites is 2. The van der Waals surface area contributed by atoms with Gasteiger partial charge in [0.2, 0.25) is 5.91 Å². The van der Waals surface area contributed by atoms with Gasteiger partial charge in [-0.1, -0.05) is 12.1 Å². The summed E-state index contributed by atoms with van der Waals surface area (Å²) in [6.45, 7) is 2.32. The smallest absolute Gasteiger partial charge is 0.246 e. The van der Waals surface area contributed by atoms with Crippen molar-refractivity contribution >= 4 is 22.8 Å². The van der Waals surface area contributed by atoms with Gasteiger partial charge in [-0.2, -0.15) is 0 Å². The van der Waals surface area contributed by atoms with E-state index in [0.717, 1.165) is 36.4 Å². The Hall–Kier alpha value is -2.21. The van der Waals surface area contributed by atoms with Gasteiger partial charge in [0.1, 0.15) is 18.0 Å². The largest absolute Gasteiger partial charge is 0.361 e. The highest BCUT2D eigenvalue weighted by Crippen LogP contribution is 2.30. The van der Waals surface area contributed by atoms with Gasteiger partial charge in [0, 0.05) is 13.1 Å². The predicted molar refractivity (Wildman–Crippen MR) is 78.1 cm³/mol. The molecule has 0 aliphatic carbocycles. The molecule has 0 bridgehead atoms. The molecule has 2 aromatic rings. The number of hydrogen-bond acceptors (Lipinski definition) is 5. The molecule has 1 aromatic carbocycles. The van der Waals surface area contributed by atoms with Crippen LogP contribution in [0.25, 0.3) is 11.0 Å². The minimum Gasteiger partial charge on any atom is -0.361 e. The van der Waals surface area contributed by atoms with Gasteiger partial charge in [0.15, 0.2) is 0 Å². The Bertz CT molecular complexity index is 693. The number of carbonyl (C=O) groups excluding carboxylic acids is 1. The van der Waals surface area contributed by atoms with Crippen LogP contribution in [0, 0.1) is 0 Å². The SMILES string of the molecule is O=C1COC2(CCN(c3cnc4ccccc4n3)C2)CN1. The number of fused-ring (bicyclic) bond motifs is 1. The number of rotatable bonds is 1. The lowest BCUT2D eigenvalue weighted by molar-refractivity contribution is -0.141. The average Bonchev–Trinajstić information content (AvgIpc) is 2.94. The lowest BCUT2D eigenvalue weighted by atomic mass is 10.0. The van der Waals surface area contributed by atoms with Crippen molar-refractivity contribution in [2.75, 3.05) is 31.1 Å². The summed E-state index contributed by atoms with van der Waals surface area (Å²) in [5, 5.41) is 2.89.